The van der Waals surface area contributed by atoms with Gasteiger partial charge in [-0.2, -0.15) is 43.9 Å². The molecule has 0 aromatic heterocycles. The lowest BCUT2D eigenvalue weighted by molar-refractivity contribution is -0.415. The van der Waals surface area contributed by atoms with E-state index in [1.54, 1.807) is 0 Å². The molecule has 0 N–H and O–H groups in total. The number of halogens is 12. The van der Waals surface area contributed by atoms with Crippen LogP contribution in [0.3, 0.4) is 0 Å². The minimum Gasteiger partial charge on any atom is -0.430 e. The van der Waals surface area contributed by atoms with Gasteiger partial charge in [0.2, 0.25) is 0 Å². The van der Waals surface area contributed by atoms with Gasteiger partial charge in [0.25, 0.3) is 0 Å². The van der Waals surface area contributed by atoms with E-state index in [4.69, 9.17) is 0 Å². The van der Waals surface area contributed by atoms with Crippen molar-refractivity contribution >= 4 is 6.16 Å². The van der Waals surface area contributed by atoms with E-state index in [9.17, 15) is 57.5 Å². The zero-order valence-corrected chi connectivity index (χ0v) is 12.4. The highest BCUT2D eigenvalue weighted by Crippen LogP contribution is 2.58. The Balaban J connectivity index is 2.97. The SMILES string of the molecule is O=C1OCC(COCC(F)(F)C(F)(F)C(F)(F)C(F)(F)C(F)(F)C(F)F)O1. The number of cyclic esters (lactones) is 2. The van der Waals surface area contributed by atoms with Crippen LogP contribution in [0.4, 0.5) is 57.5 Å². The summed E-state index contributed by atoms with van der Waals surface area (Å²) in [6.45, 7) is -4.46. The van der Waals surface area contributed by atoms with E-state index in [-0.39, 0.29) is 0 Å². The molecule has 0 saturated carbocycles. The van der Waals surface area contributed by atoms with Gasteiger partial charge in [0.05, 0.1) is 6.61 Å². The first kappa shape index (κ1) is 23.4. The zero-order chi connectivity index (χ0) is 21.5. The number of alkyl halides is 12. The summed E-state index contributed by atoms with van der Waals surface area (Å²) in [5, 5.41) is 0. The summed E-state index contributed by atoms with van der Waals surface area (Å²) >= 11 is 0. The zero-order valence-electron chi connectivity index (χ0n) is 12.4. The smallest absolute Gasteiger partial charge is 0.430 e. The number of hydrogen-bond acceptors (Lipinski definition) is 4. The summed E-state index contributed by atoms with van der Waals surface area (Å²) in [6, 6.07) is 0. The maximum atomic E-state index is 13.3. The first-order chi connectivity index (χ1) is 11.9. The van der Waals surface area contributed by atoms with Crippen molar-refractivity contribution in [2.24, 2.45) is 0 Å². The van der Waals surface area contributed by atoms with Crippen molar-refractivity contribution in [1.82, 2.24) is 0 Å². The van der Waals surface area contributed by atoms with Crippen LogP contribution in [0.25, 0.3) is 0 Å². The molecular formula is C11H8F12O4. The van der Waals surface area contributed by atoms with Crippen LogP contribution in [0, 0.1) is 0 Å². The number of rotatable bonds is 9. The lowest BCUT2D eigenvalue weighted by Crippen LogP contribution is -2.69. The highest BCUT2D eigenvalue weighted by atomic mass is 19.4. The first-order valence-corrected chi connectivity index (χ1v) is 6.50. The van der Waals surface area contributed by atoms with E-state index >= 15 is 0 Å². The van der Waals surface area contributed by atoms with Gasteiger partial charge >= 0.3 is 42.2 Å². The summed E-state index contributed by atoms with van der Waals surface area (Å²) < 4.78 is 166. The third kappa shape index (κ3) is 3.85. The summed E-state index contributed by atoms with van der Waals surface area (Å²) in [5.41, 5.74) is 0. The molecule has 1 fully saturated rings. The molecular weight excluding hydrogens is 424 g/mol. The Morgan fingerprint density at radius 3 is 1.85 bits per heavy atom. The van der Waals surface area contributed by atoms with Crippen LogP contribution in [0.15, 0.2) is 0 Å². The minimum atomic E-state index is -7.60. The largest absolute Gasteiger partial charge is 0.508 e. The van der Waals surface area contributed by atoms with Crippen molar-refractivity contribution in [2.75, 3.05) is 19.8 Å². The number of hydrogen-bond donors (Lipinski definition) is 0. The third-order valence-corrected chi connectivity index (χ3v) is 3.18. The predicted octanol–water partition coefficient (Wildman–Crippen LogP) is 3.98. The molecule has 160 valence electrons. The Morgan fingerprint density at radius 2 is 1.44 bits per heavy atom. The summed E-state index contributed by atoms with van der Waals surface area (Å²) in [5.74, 6) is -35.6. The van der Waals surface area contributed by atoms with Crippen LogP contribution in [0.2, 0.25) is 0 Å². The fourth-order valence-electron chi connectivity index (χ4n) is 1.63. The lowest BCUT2D eigenvalue weighted by atomic mass is 9.94. The maximum Gasteiger partial charge on any atom is 0.508 e. The fraction of sp³-hybridized carbons (Fsp3) is 0.909. The molecule has 0 amide bonds. The van der Waals surface area contributed by atoms with Gasteiger partial charge in [0.15, 0.2) is 6.10 Å². The van der Waals surface area contributed by atoms with Crippen LogP contribution in [0.5, 0.6) is 0 Å². The normalized spacial score (nSPS) is 20.0. The average molecular weight is 432 g/mol. The molecule has 1 saturated heterocycles. The molecule has 0 aromatic rings. The molecule has 1 aliphatic heterocycles. The Morgan fingerprint density at radius 1 is 0.926 bits per heavy atom. The van der Waals surface area contributed by atoms with Crippen molar-refractivity contribution in [3.8, 4) is 0 Å². The van der Waals surface area contributed by atoms with E-state index in [2.05, 4.69) is 14.2 Å². The van der Waals surface area contributed by atoms with Crippen molar-refractivity contribution < 1.29 is 71.7 Å². The van der Waals surface area contributed by atoms with Gasteiger partial charge in [-0.1, -0.05) is 0 Å². The molecule has 0 aliphatic carbocycles. The van der Waals surface area contributed by atoms with Gasteiger partial charge in [-0.05, 0) is 0 Å². The van der Waals surface area contributed by atoms with Crippen molar-refractivity contribution in [2.45, 2.75) is 42.1 Å². The van der Waals surface area contributed by atoms with Crippen molar-refractivity contribution in [1.29, 1.82) is 0 Å². The first-order valence-electron chi connectivity index (χ1n) is 6.50. The molecule has 0 aromatic carbocycles. The molecule has 16 heteroatoms. The maximum absolute atomic E-state index is 13.3. The lowest BCUT2D eigenvalue weighted by Gasteiger charge is -2.39. The highest BCUT2D eigenvalue weighted by molar-refractivity contribution is 5.61. The molecule has 0 bridgehead atoms. The number of ether oxygens (including phenoxy) is 3. The molecule has 1 atom stereocenters. The summed E-state index contributed by atoms with van der Waals surface area (Å²) in [7, 11) is 0. The second kappa shape index (κ2) is 7.09. The number of carbonyl (C=O) groups is 1. The second-order valence-corrected chi connectivity index (χ2v) is 5.17. The van der Waals surface area contributed by atoms with E-state index in [0.717, 1.165) is 0 Å². The molecule has 27 heavy (non-hydrogen) atoms. The Labute approximate surface area is 141 Å². The molecule has 1 aliphatic rings. The second-order valence-electron chi connectivity index (χ2n) is 5.17. The van der Waals surface area contributed by atoms with Gasteiger partial charge in [0, 0.05) is 0 Å². The molecule has 1 rings (SSSR count). The van der Waals surface area contributed by atoms with Gasteiger partial charge < -0.3 is 14.2 Å². The summed E-state index contributed by atoms with van der Waals surface area (Å²) in [4.78, 5) is 10.5. The molecule has 1 heterocycles. The van der Waals surface area contributed by atoms with Crippen LogP contribution in [-0.4, -0.2) is 68.1 Å². The molecule has 1 unspecified atom stereocenters. The predicted molar refractivity (Wildman–Crippen MR) is 57.8 cm³/mol. The van der Waals surface area contributed by atoms with Crippen LogP contribution >= 0.6 is 0 Å². The van der Waals surface area contributed by atoms with Gasteiger partial charge in [-0.15, -0.1) is 0 Å². The van der Waals surface area contributed by atoms with Crippen LogP contribution in [0.1, 0.15) is 0 Å². The topological polar surface area (TPSA) is 44.8 Å². The Bertz CT molecular complexity index is 549. The van der Waals surface area contributed by atoms with Gasteiger partial charge in [-0.3, -0.25) is 0 Å². The highest BCUT2D eigenvalue weighted by Gasteiger charge is 2.87. The fourth-order valence-corrected chi connectivity index (χ4v) is 1.63. The van der Waals surface area contributed by atoms with E-state index in [1.165, 1.54) is 0 Å². The summed E-state index contributed by atoms with van der Waals surface area (Å²) in [6.07, 6.45) is -8.29. The van der Waals surface area contributed by atoms with Crippen molar-refractivity contribution in [3.63, 3.8) is 0 Å². The Hall–Kier alpha value is -1.61. The van der Waals surface area contributed by atoms with E-state index in [0.29, 0.717) is 0 Å². The quantitative estimate of drug-likeness (QED) is 0.409. The van der Waals surface area contributed by atoms with Gasteiger partial charge in [-0.25, -0.2) is 13.6 Å². The van der Waals surface area contributed by atoms with Crippen LogP contribution < -0.4 is 0 Å². The molecule has 0 spiro atoms. The van der Waals surface area contributed by atoms with E-state index < -0.39 is 68.1 Å². The third-order valence-electron chi connectivity index (χ3n) is 3.18. The molecule has 0 radical (unpaired) electrons. The molecule has 4 nitrogen and oxygen atoms in total. The average Bonchev–Trinajstić information content (AvgIpc) is 2.91. The van der Waals surface area contributed by atoms with Gasteiger partial charge in [0.1, 0.15) is 13.2 Å². The van der Waals surface area contributed by atoms with Crippen molar-refractivity contribution in [3.05, 3.63) is 0 Å². The Kier molecular flexibility index (Phi) is 6.15. The monoisotopic (exact) mass is 432 g/mol. The number of carbonyl (C=O) groups excluding carboxylic acids is 1. The van der Waals surface area contributed by atoms with E-state index in [1.807, 2.05) is 0 Å². The standard InChI is InChI=1S/C11H8F12O4/c12-5(13)8(16,17)10(20,21)11(22,23)9(18,19)7(14,15)3-25-1-4-2-26-6(24)27-4/h4-5H,1-3H2. The minimum absolute atomic E-state index is 0.602. The van der Waals surface area contributed by atoms with Crippen LogP contribution in [-0.2, 0) is 14.2 Å².